The topological polar surface area (TPSA) is 107 Å². The molecule has 25 heavy (non-hydrogen) atoms. The molecule has 1 aliphatic heterocycles. The van der Waals surface area contributed by atoms with Crippen molar-refractivity contribution in [2.24, 2.45) is 5.92 Å². The number of nitrogens with one attached hydrogen (secondary N) is 1. The second-order valence-corrected chi connectivity index (χ2v) is 6.45. The summed E-state index contributed by atoms with van der Waals surface area (Å²) in [6.07, 6.45) is 4.14. The molecule has 0 radical (unpaired) electrons. The molecule has 138 valence electrons. The lowest BCUT2D eigenvalue weighted by Gasteiger charge is -2.18. The van der Waals surface area contributed by atoms with Gasteiger partial charge in [-0.15, -0.1) is 0 Å². The molecule has 8 nitrogen and oxygen atoms in total. The summed E-state index contributed by atoms with van der Waals surface area (Å²) in [5, 5.41) is 0. The van der Waals surface area contributed by atoms with Gasteiger partial charge in [-0.2, -0.15) is 0 Å². The van der Waals surface area contributed by atoms with Crippen LogP contribution in [-0.2, 0) is 14.3 Å². The molecule has 8 heteroatoms. The SMILES string of the molecule is CCC(C)CC1CC[C@H](n2cc(C(=O)COC(C)=O)c(=O)[nH]c2=O)O1. The molecule has 1 N–H and O–H groups in total. The molecule has 0 saturated carbocycles. The number of carbonyl (C=O) groups excluding carboxylic acids is 2. The van der Waals surface area contributed by atoms with Crippen molar-refractivity contribution in [3.05, 3.63) is 32.6 Å². The maximum absolute atomic E-state index is 12.1. The first-order chi connectivity index (χ1) is 11.8. The number of ether oxygens (including phenoxy) is 2. The van der Waals surface area contributed by atoms with Crippen molar-refractivity contribution in [2.45, 2.75) is 58.8 Å². The summed E-state index contributed by atoms with van der Waals surface area (Å²) in [4.78, 5) is 48.9. The predicted molar refractivity (Wildman–Crippen MR) is 89.5 cm³/mol. The van der Waals surface area contributed by atoms with Gasteiger partial charge in [-0.05, 0) is 25.2 Å². The second kappa shape index (κ2) is 8.24. The van der Waals surface area contributed by atoms with Gasteiger partial charge in [-0.3, -0.25) is 23.9 Å². The van der Waals surface area contributed by atoms with Crippen LogP contribution in [-0.4, -0.2) is 34.0 Å². The van der Waals surface area contributed by atoms with Crippen LogP contribution in [0.3, 0.4) is 0 Å². The van der Waals surface area contributed by atoms with Crippen LogP contribution >= 0.6 is 0 Å². The number of aromatic nitrogens is 2. The van der Waals surface area contributed by atoms with Crippen LogP contribution < -0.4 is 11.2 Å². The fourth-order valence-corrected chi connectivity index (χ4v) is 2.82. The van der Waals surface area contributed by atoms with Gasteiger partial charge in [0.25, 0.3) is 5.56 Å². The molecule has 1 aromatic heterocycles. The lowest BCUT2D eigenvalue weighted by atomic mass is 10.00. The number of hydrogen-bond donors (Lipinski definition) is 1. The Kier molecular flexibility index (Phi) is 6.30. The van der Waals surface area contributed by atoms with E-state index < -0.39 is 35.8 Å². The molecule has 1 saturated heterocycles. The first-order valence-corrected chi connectivity index (χ1v) is 8.49. The van der Waals surface area contributed by atoms with Crippen molar-refractivity contribution in [1.82, 2.24) is 9.55 Å². The zero-order chi connectivity index (χ0) is 18.6. The number of H-pyrrole nitrogens is 1. The molecule has 0 spiro atoms. The molecule has 2 rings (SSSR count). The second-order valence-electron chi connectivity index (χ2n) is 6.45. The van der Waals surface area contributed by atoms with Gasteiger partial charge < -0.3 is 9.47 Å². The smallest absolute Gasteiger partial charge is 0.330 e. The Bertz CT molecular complexity index is 750. The summed E-state index contributed by atoms with van der Waals surface area (Å²) in [5.74, 6) is -0.763. The number of ketones is 1. The lowest BCUT2D eigenvalue weighted by molar-refractivity contribution is -0.139. The summed E-state index contributed by atoms with van der Waals surface area (Å²) in [7, 11) is 0. The van der Waals surface area contributed by atoms with E-state index in [1.165, 1.54) is 17.7 Å². The van der Waals surface area contributed by atoms with E-state index in [0.29, 0.717) is 12.3 Å². The third-order valence-corrected chi connectivity index (χ3v) is 4.43. The first kappa shape index (κ1) is 19.1. The first-order valence-electron chi connectivity index (χ1n) is 8.49. The third-order valence-electron chi connectivity index (χ3n) is 4.43. The number of carbonyl (C=O) groups is 2. The zero-order valence-electron chi connectivity index (χ0n) is 14.7. The normalized spacial score (nSPS) is 21.1. The van der Waals surface area contributed by atoms with Crippen molar-refractivity contribution in [3.63, 3.8) is 0 Å². The Labute approximate surface area is 145 Å². The fourth-order valence-electron chi connectivity index (χ4n) is 2.82. The number of nitrogens with zero attached hydrogens (tertiary/aromatic N) is 1. The molecular formula is C17H24N2O6. The van der Waals surface area contributed by atoms with Gasteiger partial charge in [0.15, 0.2) is 6.61 Å². The van der Waals surface area contributed by atoms with Crippen molar-refractivity contribution in [3.8, 4) is 0 Å². The number of aromatic amines is 1. The number of rotatable bonds is 7. The number of hydrogen-bond acceptors (Lipinski definition) is 6. The van der Waals surface area contributed by atoms with Crippen LogP contribution in [0.2, 0.25) is 0 Å². The minimum absolute atomic E-state index is 0.0546. The lowest BCUT2D eigenvalue weighted by Crippen LogP contribution is -2.36. The maximum atomic E-state index is 12.1. The molecule has 1 aliphatic rings. The molecule has 1 aromatic rings. The molecule has 0 aromatic carbocycles. The van der Waals surface area contributed by atoms with Gasteiger partial charge in [0.2, 0.25) is 5.78 Å². The molecule has 0 bridgehead atoms. The average Bonchev–Trinajstić information content (AvgIpc) is 3.00. The number of Topliss-reactive ketones (excluding diaryl/α,β-unsaturated/α-hetero) is 1. The van der Waals surface area contributed by atoms with Crippen LogP contribution in [0.25, 0.3) is 0 Å². The van der Waals surface area contributed by atoms with Crippen molar-refractivity contribution >= 4 is 11.8 Å². The summed E-state index contributed by atoms with van der Waals surface area (Å²) >= 11 is 0. The highest BCUT2D eigenvalue weighted by Gasteiger charge is 2.29. The summed E-state index contributed by atoms with van der Waals surface area (Å²) in [6.45, 7) is 4.89. The average molecular weight is 352 g/mol. The van der Waals surface area contributed by atoms with E-state index in [-0.39, 0.29) is 11.7 Å². The zero-order valence-corrected chi connectivity index (χ0v) is 14.7. The van der Waals surface area contributed by atoms with Crippen molar-refractivity contribution in [1.29, 1.82) is 0 Å². The van der Waals surface area contributed by atoms with Crippen LogP contribution in [0.5, 0.6) is 0 Å². The van der Waals surface area contributed by atoms with Crippen LogP contribution in [0, 0.1) is 5.92 Å². The van der Waals surface area contributed by atoms with E-state index >= 15 is 0 Å². The van der Waals surface area contributed by atoms with Gasteiger partial charge >= 0.3 is 11.7 Å². The minimum Gasteiger partial charge on any atom is -0.457 e. The fraction of sp³-hybridized carbons (Fsp3) is 0.647. The third kappa shape index (κ3) is 4.88. The Balaban J connectivity index is 2.18. The Morgan fingerprint density at radius 1 is 1.40 bits per heavy atom. The largest absolute Gasteiger partial charge is 0.457 e. The molecule has 0 amide bonds. The van der Waals surface area contributed by atoms with Gasteiger partial charge in [0.1, 0.15) is 11.8 Å². The summed E-state index contributed by atoms with van der Waals surface area (Å²) in [6, 6.07) is 0. The molecule has 2 unspecified atom stereocenters. The van der Waals surface area contributed by atoms with Crippen molar-refractivity contribution in [2.75, 3.05) is 6.61 Å². The standard InChI is InChI=1S/C17H24N2O6/c1-4-10(2)7-12-5-6-15(25-12)19-8-13(16(22)18-17(19)23)14(21)9-24-11(3)20/h8,10,12,15H,4-7,9H2,1-3H3,(H,18,22,23)/t10?,12?,15-/m1/s1. The predicted octanol–water partition coefficient (Wildman–Crippen LogP) is 1.40. The van der Waals surface area contributed by atoms with Gasteiger partial charge in [-0.25, -0.2) is 4.79 Å². The highest BCUT2D eigenvalue weighted by molar-refractivity contribution is 5.97. The van der Waals surface area contributed by atoms with Crippen LogP contribution in [0.15, 0.2) is 15.8 Å². The summed E-state index contributed by atoms with van der Waals surface area (Å²) in [5.41, 5.74) is -1.65. The minimum atomic E-state index is -0.799. The molecule has 3 atom stereocenters. The summed E-state index contributed by atoms with van der Waals surface area (Å²) < 4.78 is 11.8. The van der Waals surface area contributed by atoms with Gasteiger partial charge in [0.05, 0.1) is 6.10 Å². The van der Waals surface area contributed by atoms with E-state index in [0.717, 1.165) is 19.3 Å². The Morgan fingerprint density at radius 3 is 2.76 bits per heavy atom. The van der Waals surface area contributed by atoms with Crippen LogP contribution in [0.4, 0.5) is 0 Å². The highest BCUT2D eigenvalue weighted by atomic mass is 16.5. The molecular weight excluding hydrogens is 328 g/mol. The monoisotopic (exact) mass is 352 g/mol. The van der Waals surface area contributed by atoms with E-state index in [9.17, 15) is 19.2 Å². The molecule has 1 fully saturated rings. The van der Waals surface area contributed by atoms with E-state index in [1.54, 1.807) is 0 Å². The highest BCUT2D eigenvalue weighted by Crippen LogP contribution is 2.31. The van der Waals surface area contributed by atoms with Gasteiger partial charge in [-0.1, -0.05) is 20.3 Å². The quantitative estimate of drug-likeness (QED) is 0.587. The number of esters is 1. The van der Waals surface area contributed by atoms with E-state index in [4.69, 9.17) is 4.74 Å². The van der Waals surface area contributed by atoms with E-state index in [1.807, 2.05) is 0 Å². The van der Waals surface area contributed by atoms with E-state index in [2.05, 4.69) is 23.6 Å². The maximum Gasteiger partial charge on any atom is 0.330 e. The molecule has 0 aliphatic carbocycles. The Morgan fingerprint density at radius 2 is 2.12 bits per heavy atom. The molecule has 2 heterocycles. The van der Waals surface area contributed by atoms with Crippen LogP contribution in [0.1, 0.15) is 63.0 Å². The van der Waals surface area contributed by atoms with Crippen molar-refractivity contribution < 1.29 is 19.1 Å². The Hall–Kier alpha value is -2.22. The van der Waals surface area contributed by atoms with Gasteiger partial charge in [0, 0.05) is 13.1 Å².